The number of benzene rings is 3. The molecule has 0 radical (unpaired) electrons. The average Bonchev–Trinajstić information content (AvgIpc) is 3.67. The van der Waals surface area contributed by atoms with Crippen LogP contribution in [0, 0.1) is 11.3 Å². The van der Waals surface area contributed by atoms with E-state index in [1.165, 1.54) is 5.56 Å². The fraction of sp³-hybridized carbons (Fsp3) is 0.400. The lowest BCUT2D eigenvalue weighted by Gasteiger charge is -2.33. The number of nitriles is 1. The Morgan fingerprint density at radius 1 is 1.11 bits per heavy atom. The van der Waals surface area contributed by atoms with E-state index in [9.17, 15) is 15.2 Å². The van der Waals surface area contributed by atoms with Crippen LogP contribution in [-0.4, -0.2) is 65.0 Å². The smallest absolute Gasteiger partial charge is 0.335 e. The molecule has 0 aliphatic carbocycles. The Morgan fingerprint density at radius 2 is 1.93 bits per heavy atom. The monoisotopic (exact) mass is 608 g/mol. The molecule has 0 amide bonds. The van der Waals surface area contributed by atoms with E-state index >= 15 is 0 Å². The normalized spacial score (nSPS) is 18.2. The van der Waals surface area contributed by atoms with Gasteiger partial charge in [0.15, 0.2) is 0 Å². The highest BCUT2D eigenvalue weighted by atomic mass is 16.5. The second-order valence-electron chi connectivity index (χ2n) is 11.9. The average molecular weight is 609 g/mol. The van der Waals surface area contributed by atoms with Crippen LogP contribution in [0.25, 0.3) is 11.0 Å². The Balaban J connectivity index is 1.06. The molecule has 7 rings (SSSR count). The Hall–Kier alpha value is -4.59. The van der Waals surface area contributed by atoms with Gasteiger partial charge in [-0.15, -0.1) is 0 Å². The minimum Gasteiger partial charge on any atom is -0.494 e. The van der Waals surface area contributed by atoms with E-state index in [2.05, 4.69) is 27.7 Å². The number of fused-ring (bicyclic) bond motifs is 2. The number of likely N-dealkylation sites (tertiary alicyclic amines) is 1. The summed E-state index contributed by atoms with van der Waals surface area (Å²) < 4.78 is 25.7. The summed E-state index contributed by atoms with van der Waals surface area (Å²) >= 11 is 0. The number of methoxy groups -OCH3 is 1. The van der Waals surface area contributed by atoms with Crippen molar-refractivity contribution in [3.63, 3.8) is 0 Å². The molecule has 3 aromatic carbocycles. The number of aromatic carboxylic acids is 1. The second-order valence-corrected chi connectivity index (χ2v) is 11.9. The molecule has 4 heterocycles. The van der Waals surface area contributed by atoms with Gasteiger partial charge in [-0.25, -0.2) is 9.78 Å². The van der Waals surface area contributed by atoms with Crippen molar-refractivity contribution in [1.82, 2.24) is 14.5 Å². The molecule has 1 unspecified atom stereocenters. The molecule has 3 aliphatic heterocycles. The Bertz CT molecular complexity index is 1780. The Kier molecular flexibility index (Phi) is 8.04. The fourth-order valence-corrected chi connectivity index (χ4v) is 6.76. The van der Waals surface area contributed by atoms with Crippen molar-refractivity contribution in [2.75, 3.05) is 33.4 Å². The molecule has 45 heavy (non-hydrogen) atoms. The molecule has 2 saturated heterocycles. The predicted molar refractivity (Wildman–Crippen MR) is 166 cm³/mol. The van der Waals surface area contributed by atoms with Gasteiger partial charge in [0.2, 0.25) is 0 Å². The molecule has 2 fully saturated rings. The van der Waals surface area contributed by atoms with Crippen LogP contribution in [0.1, 0.15) is 63.6 Å². The minimum atomic E-state index is -0.995. The Morgan fingerprint density at radius 3 is 2.67 bits per heavy atom. The molecular formula is C35H36N4O6. The van der Waals surface area contributed by atoms with Gasteiger partial charge in [-0.3, -0.25) is 4.90 Å². The highest BCUT2D eigenvalue weighted by Crippen LogP contribution is 2.37. The number of para-hydroxylation sites is 1. The fourth-order valence-electron chi connectivity index (χ4n) is 6.76. The number of aromatic nitrogens is 2. The van der Waals surface area contributed by atoms with E-state index in [-0.39, 0.29) is 11.7 Å². The summed E-state index contributed by atoms with van der Waals surface area (Å²) in [4.78, 5) is 19.2. The third kappa shape index (κ3) is 5.70. The van der Waals surface area contributed by atoms with Gasteiger partial charge in [0.1, 0.15) is 35.2 Å². The van der Waals surface area contributed by atoms with Crippen molar-refractivity contribution in [1.29, 1.82) is 5.26 Å². The van der Waals surface area contributed by atoms with Gasteiger partial charge in [0, 0.05) is 24.2 Å². The third-order valence-corrected chi connectivity index (χ3v) is 9.30. The summed E-state index contributed by atoms with van der Waals surface area (Å²) in [6.45, 7) is 4.82. The molecule has 1 N–H and O–H groups in total. The third-order valence-electron chi connectivity index (χ3n) is 9.30. The molecule has 0 spiro atoms. The van der Waals surface area contributed by atoms with Crippen molar-refractivity contribution in [3.8, 4) is 23.3 Å². The van der Waals surface area contributed by atoms with Crippen LogP contribution < -0.4 is 14.2 Å². The summed E-state index contributed by atoms with van der Waals surface area (Å²) in [6.07, 6.45) is 3.79. The quantitative estimate of drug-likeness (QED) is 0.256. The maximum Gasteiger partial charge on any atom is 0.335 e. The van der Waals surface area contributed by atoms with Gasteiger partial charge < -0.3 is 28.6 Å². The summed E-state index contributed by atoms with van der Waals surface area (Å²) in [6, 6.07) is 17.6. The maximum absolute atomic E-state index is 11.8. The lowest BCUT2D eigenvalue weighted by atomic mass is 9.89. The zero-order valence-corrected chi connectivity index (χ0v) is 25.3. The van der Waals surface area contributed by atoms with Gasteiger partial charge in [-0.2, -0.15) is 5.26 Å². The molecule has 4 aromatic rings. The van der Waals surface area contributed by atoms with E-state index in [0.717, 1.165) is 79.3 Å². The minimum absolute atomic E-state index is 0.0970. The predicted octanol–water partition coefficient (Wildman–Crippen LogP) is 5.30. The van der Waals surface area contributed by atoms with E-state index in [1.54, 1.807) is 19.2 Å². The van der Waals surface area contributed by atoms with Crippen LogP contribution in [0.3, 0.4) is 0 Å². The number of carbonyl (C=O) groups is 1. The topological polar surface area (TPSA) is 119 Å². The molecule has 0 bridgehead atoms. The van der Waals surface area contributed by atoms with Crippen LogP contribution in [0.15, 0.2) is 48.5 Å². The number of hydrogen-bond acceptors (Lipinski definition) is 8. The highest BCUT2D eigenvalue weighted by molar-refractivity contribution is 5.95. The first kappa shape index (κ1) is 29.1. The molecule has 0 saturated carbocycles. The van der Waals surface area contributed by atoms with E-state index in [0.29, 0.717) is 49.1 Å². The van der Waals surface area contributed by atoms with Gasteiger partial charge in [0.25, 0.3) is 0 Å². The van der Waals surface area contributed by atoms with Crippen LogP contribution in [0.5, 0.6) is 17.2 Å². The largest absolute Gasteiger partial charge is 0.494 e. The number of ether oxygens (including phenoxy) is 4. The summed E-state index contributed by atoms with van der Waals surface area (Å²) in [5.41, 5.74) is 5.45. The number of carboxylic acids is 1. The van der Waals surface area contributed by atoms with Crippen LogP contribution in [0.2, 0.25) is 0 Å². The van der Waals surface area contributed by atoms with Crippen LogP contribution in [-0.2, 0) is 30.9 Å². The van der Waals surface area contributed by atoms with Crippen molar-refractivity contribution >= 4 is 17.0 Å². The van der Waals surface area contributed by atoms with Gasteiger partial charge >= 0.3 is 5.97 Å². The van der Waals surface area contributed by atoms with Gasteiger partial charge in [-0.1, -0.05) is 24.3 Å². The first-order chi connectivity index (χ1) is 22.0. The first-order valence-corrected chi connectivity index (χ1v) is 15.6. The SMILES string of the molecule is COc1cc(C(=O)O)cc2c1nc(CN1CCC(c3ccccc3OCc3ccc(C#N)c4c3OCC4)CC1)n2CC1CCO1. The van der Waals surface area contributed by atoms with Crippen LogP contribution >= 0.6 is 0 Å². The number of rotatable bonds is 10. The zero-order chi connectivity index (χ0) is 30.9. The van der Waals surface area contributed by atoms with Crippen LogP contribution in [0.4, 0.5) is 0 Å². The van der Waals surface area contributed by atoms with Crippen molar-refractivity contribution in [3.05, 3.63) is 82.2 Å². The molecular weight excluding hydrogens is 572 g/mol. The Labute approximate surface area is 261 Å². The van der Waals surface area contributed by atoms with Crippen molar-refractivity contribution in [2.45, 2.75) is 57.4 Å². The van der Waals surface area contributed by atoms with Crippen molar-refractivity contribution < 1.29 is 28.8 Å². The first-order valence-electron chi connectivity index (χ1n) is 15.6. The standard InChI is InChI=1S/C35H36N4O6/c1-42-31-17-25(35(40)41)16-29-33(31)37-32(39(29)19-26-10-14-43-26)20-38-12-8-22(9-13-38)27-4-2-3-5-30(27)45-21-24-7-6-23(18-36)28-11-15-44-34(24)28/h2-7,16-17,22,26H,8-15,19-21H2,1H3,(H,40,41). The number of piperidine rings is 1. The number of nitrogens with zero attached hydrogens (tertiary/aromatic N) is 4. The molecule has 1 atom stereocenters. The molecule has 10 nitrogen and oxygen atoms in total. The molecule has 10 heteroatoms. The highest BCUT2D eigenvalue weighted by Gasteiger charge is 2.28. The lowest BCUT2D eigenvalue weighted by Crippen LogP contribution is -2.35. The van der Waals surface area contributed by atoms with Crippen molar-refractivity contribution in [2.24, 2.45) is 0 Å². The summed E-state index contributed by atoms with van der Waals surface area (Å²) in [5.74, 6) is 2.40. The van der Waals surface area contributed by atoms with E-state index in [4.69, 9.17) is 23.9 Å². The zero-order valence-electron chi connectivity index (χ0n) is 25.3. The summed E-state index contributed by atoms with van der Waals surface area (Å²) in [7, 11) is 1.55. The second kappa shape index (κ2) is 12.4. The number of imidazole rings is 1. The molecule has 232 valence electrons. The maximum atomic E-state index is 11.8. The molecule has 3 aliphatic rings. The van der Waals surface area contributed by atoms with Gasteiger partial charge in [-0.05, 0) is 68.1 Å². The van der Waals surface area contributed by atoms with E-state index in [1.807, 2.05) is 24.3 Å². The van der Waals surface area contributed by atoms with E-state index < -0.39 is 5.97 Å². The number of hydrogen-bond donors (Lipinski definition) is 1. The summed E-state index contributed by atoms with van der Waals surface area (Å²) in [5, 5.41) is 19.2. The lowest BCUT2D eigenvalue weighted by molar-refractivity contribution is -0.0592. The molecule has 1 aromatic heterocycles. The number of carboxylic acid groups (broad SMARTS) is 1. The van der Waals surface area contributed by atoms with Gasteiger partial charge in [0.05, 0.1) is 55.6 Å².